The van der Waals surface area contributed by atoms with Crippen molar-refractivity contribution >= 4 is 32.7 Å². The van der Waals surface area contributed by atoms with Gasteiger partial charge >= 0.3 is 0 Å². The molecule has 0 amide bonds. The van der Waals surface area contributed by atoms with Gasteiger partial charge in [-0.3, -0.25) is 0 Å². The molecule has 20 heavy (non-hydrogen) atoms. The first-order valence-corrected chi connectivity index (χ1v) is 7.04. The lowest BCUT2D eigenvalue weighted by molar-refractivity contribution is 0.308. The zero-order valence-electron chi connectivity index (χ0n) is 10.7. The lowest BCUT2D eigenvalue weighted by atomic mass is 10.3. The predicted octanol–water partition coefficient (Wildman–Crippen LogP) is 3.79. The van der Waals surface area contributed by atoms with Crippen molar-refractivity contribution in [3.05, 3.63) is 52.8 Å². The van der Waals surface area contributed by atoms with Crippen molar-refractivity contribution in [2.24, 2.45) is 0 Å². The molecule has 0 fully saturated rings. The molecule has 0 aliphatic carbocycles. The lowest BCUT2D eigenvalue weighted by Crippen LogP contribution is -2.01. The molecular weight excluding hydrogens is 320 g/mol. The summed E-state index contributed by atoms with van der Waals surface area (Å²) in [5.41, 5.74) is 7.86. The summed E-state index contributed by atoms with van der Waals surface area (Å²) in [4.78, 5) is 4.41. The van der Waals surface area contributed by atoms with Crippen LogP contribution < -0.4 is 10.5 Å². The first kappa shape index (κ1) is 13.0. The highest BCUT2D eigenvalue weighted by atomic mass is 79.9. The van der Waals surface area contributed by atoms with Crippen LogP contribution in [0.1, 0.15) is 5.89 Å². The summed E-state index contributed by atoms with van der Waals surface area (Å²) in [7, 11) is 0. The van der Waals surface area contributed by atoms with E-state index in [2.05, 4.69) is 20.9 Å². The summed E-state index contributed by atoms with van der Waals surface area (Å²) in [6.45, 7) is 0.512. The number of hydrogen-bond donors (Lipinski definition) is 1. The maximum Gasteiger partial charge on any atom is 0.199 e. The predicted molar refractivity (Wildman–Crippen MR) is 81.8 cm³/mol. The number of nitrogen functional groups attached to an aromatic ring is 1. The van der Waals surface area contributed by atoms with Crippen molar-refractivity contribution in [1.29, 1.82) is 0 Å². The minimum absolute atomic E-state index is 0.512. The van der Waals surface area contributed by atoms with Crippen LogP contribution in [0.5, 0.6) is 5.75 Å². The van der Waals surface area contributed by atoms with Crippen LogP contribution in [-0.2, 0) is 6.42 Å². The summed E-state index contributed by atoms with van der Waals surface area (Å²) in [5, 5.41) is 0. The van der Waals surface area contributed by atoms with Gasteiger partial charge in [-0.15, -0.1) is 0 Å². The highest BCUT2D eigenvalue weighted by molar-refractivity contribution is 9.10. The van der Waals surface area contributed by atoms with Crippen molar-refractivity contribution < 1.29 is 9.15 Å². The largest absolute Gasteiger partial charge is 0.493 e. The Bertz CT molecular complexity index is 725. The van der Waals surface area contributed by atoms with E-state index in [0.717, 1.165) is 15.7 Å². The minimum atomic E-state index is 0.512. The Labute approximate surface area is 124 Å². The first-order chi connectivity index (χ1) is 9.72. The molecule has 1 heterocycles. The van der Waals surface area contributed by atoms with Crippen LogP contribution in [0.3, 0.4) is 0 Å². The summed E-state index contributed by atoms with van der Waals surface area (Å²) in [6.07, 6.45) is 0.598. The summed E-state index contributed by atoms with van der Waals surface area (Å²) in [5.74, 6) is 1.46. The number of rotatable bonds is 4. The molecule has 0 aliphatic rings. The molecule has 3 aromatic rings. The third-order valence-electron chi connectivity index (χ3n) is 2.86. The van der Waals surface area contributed by atoms with Gasteiger partial charge in [0.15, 0.2) is 11.5 Å². The fourth-order valence-electron chi connectivity index (χ4n) is 1.95. The Kier molecular flexibility index (Phi) is 3.60. The van der Waals surface area contributed by atoms with E-state index in [-0.39, 0.29) is 0 Å². The third-order valence-corrected chi connectivity index (χ3v) is 3.31. The van der Waals surface area contributed by atoms with Crippen LogP contribution in [0, 0.1) is 0 Å². The van der Waals surface area contributed by atoms with Crippen molar-refractivity contribution in [3.63, 3.8) is 0 Å². The molecule has 0 spiro atoms. The average molecular weight is 333 g/mol. The minimum Gasteiger partial charge on any atom is -0.493 e. The molecule has 0 bridgehead atoms. The number of hydrogen-bond acceptors (Lipinski definition) is 4. The van der Waals surface area contributed by atoms with Crippen molar-refractivity contribution in [2.45, 2.75) is 6.42 Å². The Morgan fingerprint density at radius 2 is 2.00 bits per heavy atom. The smallest absolute Gasteiger partial charge is 0.199 e. The molecule has 0 radical (unpaired) electrons. The van der Waals surface area contributed by atoms with Crippen LogP contribution in [0.4, 0.5) is 5.69 Å². The highest BCUT2D eigenvalue weighted by Crippen LogP contribution is 2.26. The molecule has 2 aromatic carbocycles. The van der Waals surface area contributed by atoms with Gasteiger partial charge in [0.05, 0.1) is 18.7 Å². The van der Waals surface area contributed by atoms with Crippen LogP contribution in [0.15, 0.2) is 51.4 Å². The monoisotopic (exact) mass is 332 g/mol. The van der Waals surface area contributed by atoms with Gasteiger partial charge in [0, 0.05) is 4.47 Å². The van der Waals surface area contributed by atoms with Crippen LogP contribution >= 0.6 is 15.9 Å². The van der Waals surface area contributed by atoms with Gasteiger partial charge in [-0.1, -0.05) is 34.1 Å². The normalized spacial score (nSPS) is 10.8. The number of nitrogens with zero attached hydrogens (tertiary/aromatic N) is 1. The van der Waals surface area contributed by atoms with E-state index < -0.39 is 0 Å². The second-order valence-electron chi connectivity index (χ2n) is 4.36. The zero-order valence-corrected chi connectivity index (χ0v) is 12.3. The Balaban J connectivity index is 1.70. The summed E-state index contributed by atoms with van der Waals surface area (Å²) >= 11 is 3.39. The number of ether oxygens (including phenoxy) is 1. The molecule has 1 aromatic heterocycles. The van der Waals surface area contributed by atoms with Crippen molar-refractivity contribution in [3.8, 4) is 5.75 Å². The van der Waals surface area contributed by atoms with E-state index in [1.807, 2.05) is 36.4 Å². The molecule has 2 N–H and O–H groups in total. The standard InChI is InChI=1S/C15H13BrN2O2/c16-10-8-12(17)15-13(9-10)18-14(20-15)6-7-19-11-4-2-1-3-5-11/h1-5,8-9H,6-7,17H2. The number of fused-ring (bicyclic) bond motifs is 1. The van der Waals surface area contributed by atoms with Crippen LogP contribution in [0.25, 0.3) is 11.1 Å². The van der Waals surface area contributed by atoms with Crippen molar-refractivity contribution in [2.75, 3.05) is 12.3 Å². The molecule has 4 nitrogen and oxygen atoms in total. The van der Waals surface area contributed by atoms with E-state index >= 15 is 0 Å². The second kappa shape index (κ2) is 5.54. The molecule has 5 heteroatoms. The second-order valence-corrected chi connectivity index (χ2v) is 5.28. The molecule has 3 rings (SSSR count). The quantitative estimate of drug-likeness (QED) is 0.738. The molecular formula is C15H13BrN2O2. The number of benzene rings is 2. The molecule has 0 unspecified atom stereocenters. The maximum absolute atomic E-state index is 5.90. The molecule has 0 saturated heterocycles. The number of nitrogens with two attached hydrogens (primary N) is 1. The van der Waals surface area contributed by atoms with E-state index in [9.17, 15) is 0 Å². The van der Waals surface area contributed by atoms with Gasteiger partial charge in [0.1, 0.15) is 11.3 Å². The third kappa shape index (κ3) is 2.77. The lowest BCUT2D eigenvalue weighted by Gasteiger charge is -2.03. The number of halogens is 1. The highest BCUT2D eigenvalue weighted by Gasteiger charge is 2.09. The van der Waals surface area contributed by atoms with Gasteiger partial charge in [-0.2, -0.15) is 0 Å². The van der Waals surface area contributed by atoms with E-state index in [0.29, 0.717) is 30.2 Å². The van der Waals surface area contributed by atoms with Crippen molar-refractivity contribution in [1.82, 2.24) is 4.98 Å². The first-order valence-electron chi connectivity index (χ1n) is 6.24. The van der Waals surface area contributed by atoms with Crippen LogP contribution in [-0.4, -0.2) is 11.6 Å². The number of anilines is 1. The summed E-state index contributed by atoms with van der Waals surface area (Å²) < 4.78 is 12.2. The van der Waals surface area contributed by atoms with Gasteiger partial charge in [0.2, 0.25) is 0 Å². The van der Waals surface area contributed by atoms with Crippen LogP contribution in [0.2, 0.25) is 0 Å². The number of oxazole rings is 1. The number of aromatic nitrogens is 1. The van der Waals surface area contributed by atoms with E-state index in [1.54, 1.807) is 6.07 Å². The van der Waals surface area contributed by atoms with Gasteiger partial charge in [-0.25, -0.2) is 4.98 Å². The van der Waals surface area contributed by atoms with Gasteiger partial charge in [0.25, 0.3) is 0 Å². The summed E-state index contributed by atoms with van der Waals surface area (Å²) in [6, 6.07) is 13.4. The topological polar surface area (TPSA) is 61.3 Å². The Morgan fingerprint density at radius 1 is 1.20 bits per heavy atom. The number of para-hydroxylation sites is 1. The van der Waals surface area contributed by atoms with Gasteiger partial charge < -0.3 is 14.9 Å². The molecule has 102 valence electrons. The maximum atomic E-state index is 5.90. The fourth-order valence-corrected chi connectivity index (χ4v) is 2.41. The SMILES string of the molecule is Nc1cc(Br)cc2nc(CCOc3ccccc3)oc12. The fraction of sp³-hybridized carbons (Fsp3) is 0.133. The Hall–Kier alpha value is -2.01. The van der Waals surface area contributed by atoms with E-state index in [1.165, 1.54) is 0 Å². The molecule has 0 aliphatic heterocycles. The molecule has 0 saturated carbocycles. The van der Waals surface area contributed by atoms with E-state index in [4.69, 9.17) is 14.9 Å². The zero-order chi connectivity index (χ0) is 13.9. The average Bonchev–Trinajstić information content (AvgIpc) is 2.83. The molecule has 0 atom stereocenters. The Morgan fingerprint density at radius 3 is 2.80 bits per heavy atom. The van der Waals surface area contributed by atoms with Gasteiger partial charge in [-0.05, 0) is 24.3 Å².